The lowest BCUT2D eigenvalue weighted by atomic mass is 10.0. The highest BCUT2D eigenvalue weighted by molar-refractivity contribution is 5.81. The smallest absolute Gasteiger partial charge is 0.239 e. The first kappa shape index (κ1) is 17.2. The summed E-state index contributed by atoms with van der Waals surface area (Å²) in [5.41, 5.74) is 1.34. The quantitative estimate of drug-likeness (QED) is 0.756. The van der Waals surface area contributed by atoms with Crippen molar-refractivity contribution in [2.24, 2.45) is 0 Å². The minimum absolute atomic E-state index is 0.103. The lowest BCUT2D eigenvalue weighted by Crippen LogP contribution is -2.60. The summed E-state index contributed by atoms with van der Waals surface area (Å²) in [7, 11) is 3.12. The molecule has 1 unspecified atom stereocenters. The van der Waals surface area contributed by atoms with Crippen LogP contribution >= 0.6 is 0 Å². The second kappa shape index (κ2) is 7.92. The Balaban J connectivity index is 1.89. The Morgan fingerprint density at radius 1 is 1.39 bits per heavy atom. The first-order chi connectivity index (χ1) is 11.1. The molecule has 23 heavy (non-hydrogen) atoms. The number of nitrogens with one attached hydrogen (secondary N) is 2. The van der Waals surface area contributed by atoms with Crippen LogP contribution in [0.25, 0.3) is 0 Å². The van der Waals surface area contributed by atoms with Crippen LogP contribution in [-0.4, -0.2) is 51.7 Å². The second-order valence-corrected chi connectivity index (χ2v) is 5.21. The molecule has 7 nitrogen and oxygen atoms in total. The van der Waals surface area contributed by atoms with Crippen molar-refractivity contribution in [2.75, 3.05) is 39.3 Å². The molecule has 1 amide bonds. The van der Waals surface area contributed by atoms with Crippen LogP contribution in [0.4, 0.5) is 5.69 Å². The molecule has 1 atom stereocenters. The molecule has 1 aliphatic rings. The monoisotopic (exact) mass is 319 g/mol. The molecule has 2 N–H and O–H groups in total. The number of rotatable bonds is 6. The summed E-state index contributed by atoms with van der Waals surface area (Å²) in [6.45, 7) is 0.966. The van der Waals surface area contributed by atoms with Gasteiger partial charge in [-0.05, 0) is 24.3 Å². The average molecular weight is 319 g/mol. The van der Waals surface area contributed by atoms with Crippen LogP contribution in [0.1, 0.15) is 12.0 Å². The van der Waals surface area contributed by atoms with Crippen molar-refractivity contribution >= 4 is 11.6 Å². The van der Waals surface area contributed by atoms with E-state index in [9.17, 15) is 4.79 Å². The minimum atomic E-state index is -0.859. The van der Waals surface area contributed by atoms with Gasteiger partial charge in [0.05, 0.1) is 31.4 Å². The van der Waals surface area contributed by atoms with E-state index < -0.39 is 5.79 Å². The molecule has 0 aromatic heterocycles. The summed E-state index contributed by atoms with van der Waals surface area (Å²) in [5, 5.41) is 14.6. The van der Waals surface area contributed by atoms with E-state index in [1.54, 1.807) is 38.5 Å². The Hall–Kier alpha value is -2.14. The van der Waals surface area contributed by atoms with Gasteiger partial charge in [-0.25, -0.2) is 0 Å². The van der Waals surface area contributed by atoms with Crippen LogP contribution in [0.15, 0.2) is 24.3 Å². The molecule has 7 heteroatoms. The lowest BCUT2D eigenvalue weighted by Gasteiger charge is -2.41. The lowest BCUT2D eigenvalue weighted by molar-refractivity contribution is -0.258. The van der Waals surface area contributed by atoms with E-state index in [4.69, 9.17) is 19.5 Å². The number of nitrogens with zero attached hydrogens (tertiary/aromatic N) is 1. The van der Waals surface area contributed by atoms with E-state index in [0.29, 0.717) is 25.2 Å². The standard InChI is InChI=1S/C16H21N3O4/c1-21-16(22-2)7-8-23-11-14(16)19-15(20)10-18-13-5-3-12(9-17)4-6-13/h3-6,14,18H,7-8,10-11H2,1-2H3,(H,19,20). The van der Waals surface area contributed by atoms with Gasteiger partial charge in [-0.1, -0.05) is 0 Å². The number of anilines is 1. The van der Waals surface area contributed by atoms with Crippen LogP contribution < -0.4 is 10.6 Å². The number of carbonyl (C=O) groups is 1. The molecular formula is C16H21N3O4. The van der Waals surface area contributed by atoms with E-state index in [-0.39, 0.29) is 18.5 Å². The third-order valence-electron chi connectivity index (χ3n) is 3.90. The van der Waals surface area contributed by atoms with E-state index in [1.807, 2.05) is 6.07 Å². The Morgan fingerprint density at radius 2 is 2.09 bits per heavy atom. The zero-order chi connectivity index (χ0) is 16.7. The topological polar surface area (TPSA) is 92.6 Å². The highest BCUT2D eigenvalue weighted by Gasteiger charge is 2.43. The van der Waals surface area contributed by atoms with Crippen LogP contribution in [0, 0.1) is 11.3 Å². The van der Waals surface area contributed by atoms with Crippen molar-refractivity contribution in [1.82, 2.24) is 5.32 Å². The van der Waals surface area contributed by atoms with Gasteiger partial charge in [-0.3, -0.25) is 4.79 Å². The summed E-state index contributed by atoms with van der Waals surface area (Å²) < 4.78 is 16.3. The summed E-state index contributed by atoms with van der Waals surface area (Å²) in [4.78, 5) is 12.1. The van der Waals surface area contributed by atoms with Crippen LogP contribution in [0.5, 0.6) is 0 Å². The van der Waals surface area contributed by atoms with Gasteiger partial charge in [0.25, 0.3) is 0 Å². The Morgan fingerprint density at radius 3 is 2.70 bits per heavy atom. The van der Waals surface area contributed by atoms with Gasteiger partial charge >= 0.3 is 0 Å². The molecule has 1 aliphatic heterocycles. The molecule has 1 aromatic rings. The predicted octanol–water partition coefficient (Wildman–Crippen LogP) is 0.864. The average Bonchev–Trinajstić information content (AvgIpc) is 2.61. The van der Waals surface area contributed by atoms with Crippen molar-refractivity contribution in [3.63, 3.8) is 0 Å². The molecule has 0 saturated carbocycles. The number of methoxy groups -OCH3 is 2. The van der Waals surface area contributed by atoms with Crippen molar-refractivity contribution in [1.29, 1.82) is 5.26 Å². The molecule has 124 valence electrons. The molecule has 1 saturated heterocycles. The van der Waals surface area contributed by atoms with Gasteiger partial charge in [-0.15, -0.1) is 0 Å². The first-order valence-corrected chi connectivity index (χ1v) is 7.35. The molecule has 1 fully saturated rings. The van der Waals surface area contributed by atoms with Crippen LogP contribution in [0.2, 0.25) is 0 Å². The van der Waals surface area contributed by atoms with Gasteiger partial charge in [0.2, 0.25) is 5.91 Å². The third kappa shape index (κ3) is 4.20. The van der Waals surface area contributed by atoms with Crippen molar-refractivity contribution in [3.05, 3.63) is 29.8 Å². The molecule has 0 aliphatic carbocycles. The van der Waals surface area contributed by atoms with Crippen molar-refractivity contribution in [3.8, 4) is 6.07 Å². The normalized spacial score (nSPS) is 19.6. The van der Waals surface area contributed by atoms with Crippen LogP contribution in [0.3, 0.4) is 0 Å². The van der Waals surface area contributed by atoms with Crippen molar-refractivity contribution in [2.45, 2.75) is 18.2 Å². The Bertz CT molecular complexity index is 564. The summed E-state index contributed by atoms with van der Waals surface area (Å²) in [6, 6.07) is 8.56. The molecule has 1 heterocycles. The number of benzene rings is 1. The number of nitriles is 1. The summed E-state index contributed by atoms with van der Waals surface area (Å²) in [5.74, 6) is -1.05. The second-order valence-electron chi connectivity index (χ2n) is 5.21. The summed E-state index contributed by atoms with van der Waals surface area (Å²) in [6.07, 6.45) is 0.550. The number of hydrogen-bond acceptors (Lipinski definition) is 6. The zero-order valence-corrected chi connectivity index (χ0v) is 13.3. The fraction of sp³-hybridized carbons (Fsp3) is 0.500. The Labute approximate surface area is 135 Å². The van der Waals surface area contributed by atoms with Crippen LogP contribution in [-0.2, 0) is 19.0 Å². The predicted molar refractivity (Wildman–Crippen MR) is 83.8 cm³/mol. The molecule has 2 rings (SSSR count). The molecule has 0 radical (unpaired) electrons. The maximum Gasteiger partial charge on any atom is 0.239 e. The van der Waals surface area contributed by atoms with Gasteiger partial charge in [0.15, 0.2) is 5.79 Å². The van der Waals surface area contributed by atoms with Gasteiger partial charge in [-0.2, -0.15) is 5.26 Å². The molecular weight excluding hydrogens is 298 g/mol. The molecule has 0 spiro atoms. The maximum atomic E-state index is 12.1. The minimum Gasteiger partial charge on any atom is -0.379 e. The van der Waals surface area contributed by atoms with E-state index in [2.05, 4.69) is 10.6 Å². The SMILES string of the molecule is COC1(OC)CCOCC1NC(=O)CNc1ccc(C#N)cc1. The summed E-state index contributed by atoms with van der Waals surface area (Å²) >= 11 is 0. The van der Waals surface area contributed by atoms with E-state index in [1.165, 1.54) is 0 Å². The largest absolute Gasteiger partial charge is 0.379 e. The Kier molecular flexibility index (Phi) is 5.93. The van der Waals surface area contributed by atoms with Gasteiger partial charge in [0, 0.05) is 26.3 Å². The van der Waals surface area contributed by atoms with Gasteiger partial charge < -0.3 is 24.8 Å². The fourth-order valence-electron chi connectivity index (χ4n) is 2.53. The number of ether oxygens (including phenoxy) is 3. The van der Waals surface area contributed by atoms with Gasteiger partial charge in [0.1, 0.15) is 6.04 Å². The number of amides is 1. The maximum absolute atomic E-state index is 12.1. The molecule has 0 bridgehead atoms. The van der Waals surface area contributed by atoms with E-state index >= 15 is 0 Å². The fourth-order valence-corrected chi connectivity index (χ4v) is 2.53. The number of carbonyl (C=O) groups excluding carboxylic acids is 1. The van der Waals surface area contributed by atoms with E-state index in [0.717, 1.165) is 5.69 Å². The highest BCUT2D eigenvalue weighted by Crippen LogP contribution is 2.25. The van der Waals surface area contributed by atoms with Crippen molar-refractivity contribution < 1.29 is 19.0 Å². The first-order valence-electron chi connectivity index (χ1n) is 7.35. The zero-order valence-electron chi connectivity index (χ0n) is 13.3. The third-order valence-corrected chi connectivity index (χ3v) is 3.90. The highest BCUT2D eigenvalue weighted by atomic mass is 16.7. The molecule has 1 aromatic carbocycles. The number of hydrogen-bond donors (Lipinski definition) is 2.